The van der Waals surface area contributed by atoms with Crippen LogP contribution in [0.4, 0.5) is 24.5 Å². The fourth-order valence-corrected chi connectivity index (χ4v) is 3.55. The van der Waals surface area contributed by atoms with Crippen molar-refractivity contribution in [2.75, 3.05) is 10.6 Å². The maximum Gasteiger partial charge on any atom is 0.416 e. The quantitative estimate of drug-likeness (QED) is 0.442. The Labute approximate surface area is 191 Å². The Morgan fingerprint density at radius 1 is 0.794 bits per heavy atom. The molecule has 3 aromatic carbocycles. The van der Waals surface area contributed by atoms with Gasteiger partial charge in [-0.15, -0.1) is 0 Å². The summed E-state index contributed by atoms with van der Waals surface area (Å²) in [7, 11) is 1.60. The summed E-state index contributed by atoms with van der Waals surface area (Å²) in [4.78, 5) is 38.2. The number of nitrogens with one attached hydrogen (secondary N) is 2. The Morgan fingerprint density at radius 2 is 1.47 bits per heavy atom. The van der Waals surface area contributed by atoms with Crippen molar-refractivity contribution in [1.29, 1.82) is 0 Å². The number of alkyl halides is 3. The number of hydrogen-bond donors (Lipinski definition) is 2. The van der Waals surface area contributed by atoms with Gasteiger partial charge in [0.15, 0.2) is 0 Å². The number of amides is 2. The third-order valence-corrected chi connectivity index (χ3v) is 5.27. The minimum absolute atomic E-state index is 0.0430. The minimum Gasteiger partial charge on any atom is -0.322 e. The summed E-state index contributed by atoms with van der Waals surface area (Å²) in [5, 5.41) is 5.62. The first-order valence-corrected chi connectivity index (χ1v) is 10.1. The van der Waals surface area contributed by atoms with Gasteiger partial charge < -0.3 is 15.2 Å². The van der Waals surface area contributed by atoms with Crippen molar-refractivity contribution >= 4 is 34.1 Å². The van der Waals surface area contributed by atoms with Crippen LogP contribution in [0.3, 0.4) is 0 Å². The number of carbonyl (C=O) groups is 2. The van der Waals surface area contributed by atoms with Crippen molar-refractivity contribution < 1.29 is 22.8 Å². The van der Waals surface area contributed by atoms with Crippen LogP contribution >= 0.6 is 0 Å². The van der Waals surface area contributed by atoms with Crippen molar-refractivity contribution in [3.8, 4) is 0 Å². The molecule has 4 rings (SSSR count). The van der Waals surface area contributed by atoms with Gasteiger partial charge in [-0.1, -0.05) is 36.4 Å². The minimum atomic E-state index is -4.55. The second-order valence-electron chi connectivity index (χ2n) is 7.50. The number of nitrogens with zero attached hydrogens (tertiary/aromatic N) is 1. The fraction of sp³-hybridized carbons (Fsp3) is 0.0800. The lowest BCUT2D eigenvalue weighted by Gasteiger charge is -2.14. The highest BCUT2D eigenvalue weighted by atomic mass is 19.4. The number of anilines is 2. The number of hydrogen-bond acceptors (Lipinski definition) is 3. The van der Waals surface area contributed by atoms with Gasteiger partial charge in [0.25, 0.3) is 17.4 Å². The number of rotatable bonds is 4. The zero-order valence-corrected chi connectivity index (χ0v) is 17.8. The maximum atomic E-state index is 13.1. The first kappa shape index (κ1) is 22.8. The van der Waals surface area contributed by atoms with E-state index in [9.17, 15) is 27.6 Å². The van der Waals surface area contributed by atoms with E-state index in [1.165, 1.54) is 34.9 Å². The predicted octanol–water partition coefficient (Wildman–Crippen LogP) is 5.06. The molecule has 0 radical (unpaired) electrons. The Kier molecular flexibility index (Phi) is 5.93. The van der Waals surface area contributed by atoms with Crippen molar-refractivity contribution in [1.82, 2.24) is 4.57 Å². The molecule has 0 saturated heterocycles. The average Bonchev–Trinajstić information content (AvgIpc) is 2.81. The molecule has 2 amide bonds. The number of aromatic nitrogens is 1. The molecule has 0 fully saturated rings. The van der Waals surface area contributed by atoms with E-state index in [1.807, 2.05) is 0 Å². The molecule has 0 bridgehead atoms. The number of halogens is 3. The molecule has 9 heteroatoms. The van der Waals surface area contributed by atoms with Crippen LogP contribution in [0.1, 0.15) is 26.3 Å². The topological polar surface area (TPSA) is 80.2 Å². The lowest BCUT2D eigenvalue weighted by atomic mass is 10.1. The summed E-state index contributed by atoms with van der Waals surface area (Å²) in [5.74, 6) is -1.31. The van der Waals surface area contributed by atoms with E-state index in [4.69, 9.17) is 0 Å². The van der Waals surface area contributed by atoms with Crippen LogP contribution in [0.25, 0.3) is 10.9 Å². The molecule has 0 atom stereocenters. The van der Waals surface area contributed by atoms with E-state index in [2.05, 4.69) is 10.6 Å². The largest absolute Gasteiger partial charge is 0.416 e. The van der Waals surface area contributed by atoms with Gasteiger partial charge in [0.1, 0.15) is 0 Å². The Balaban J connectivity index is 1.64. The van der Waals surface area contributed by atoms with Gasteiger partial charge in [0.2, 0.25) is 0 Å². The Bertz CT molecular complexity index is 1480. The van der Waals surface area contributed by atoms with E-state index in [-0.39, 0.29) is 28.1 Å². The van der Waals surface area contributed by atoms with E-state index in [1.54, 1.807) is 43.4 Å². The van der Waals surface area contributed by atoms with Gasteiger partial charge in [0, 0.05) is 24.2 Å². The number of aryl methyl sites for hydroxylation is 1. The standard InChI is InChI=1S/C25H18F3N3O3/c1-31-21-12-5-3-9-17(21)19(14-22(31)32)24(34)30-20-11-4-2-10-18(20)23(33)29-16-8-6-7-15(13-16)25(26,27)28/h2-14H,1H3,(H,29,33)(H,30,34). The average molecular weight is 465 g/mol. The molecule has 2 N–H and O–H groups in total. The molecule has 172 valence electrons. The van der Waals surface area contributed by atoms with Gasteiger partial charge in [0.05, 0.1) is 27.9 Å². The summed E-state index contributed by atoms with van der Waals surface area (Å²) in [6.07, 6.45) is -4.55. The van der Waals surface area contributed by atoms with E-state index in [0.717, 1.165) is 12.1 Å². The number of fused-ring (bicyclic) bond motifs is 1. The summed E-state index contributed by atoms with van der Waals surface area (Å²) in [6, 6.07) is 18.4. The highest BCUT2D eigenvalue weighted by Crippen LogP contribution is 2.31. The molecule has 34 heavy (non-hydrogen) atoms. The van der Waals surface area contributed by atoms with Gasteiger partial charge in [-0.3, -0.25) is 14.4 Å². The third-order valence-electron chi connectivity index (χ3n) is 5.27. The summed E-state index contributed by atoms with van der Waals surface area (Å²) < 4.78 is 40.4. The lowest BCUT2D eigenvalue weighted by molar-refractivity contribution is -0.137. The number of para-hydroxylation sites is 2. The van der Waals surface area contributed by atoms with Crippen molar-refractivity contribution in [2.45, 2.75) is 6.18 Å². The van der Waals surface area contributed by atoms with Crippen LogP contribution in [0.5, 0.6) is 0 Å². The van der Waals surface area contributed by atoms with E-state index >= 15 is 0 Å². The molecular weight excluding hydrogens is 447 g/mol. The van der Waals surface area contributed by atoms with Crippen LogP contribution in [-0.2, 0) is 13.2 Å². The Morgan fingerprint density at radius 3 is 2.24 bits per heavy atom. The first-order chi connectivity index (χ1) is 16.1. The Hall–Kier alpha value is -4.40. The summed E-state index contributed by atoms with van der Waals surface area (Å²) in [6.45, 7) is 0. The summed E-state index contributed by atoms with van der Waals surface area (Å²) >= 11 is 0. The number of carbonyl (C=O) groups excluding carboxylic acids is 2. The van der Waals surface area contributed by atoms with Crippen LogP contribution in [0.2, 0.25) is 0 Å². The van der Waals surface area contributed by atoms with Crippen LogP contribution in [-0.4, -0.2) is 16.4 Å². The second-order valence-corrected chi connectivity index (χ2v) is 7.50. The molecule has 0 unspecified atom stereocenters. The SMILES string of the molecule is Cn1c(=O)cc(C(=O)Nc2ccccc2C(=O)Nc2cccc(C(F)(F)F)c2)c2ccccc21. The van der Waals surface area contributed by atoms with Crippen molar-refractivity contribution in [3.05, 3.63) is 106 Å². The lowest BCUT2D eigenvalue weighted by Crippen LogP contribution is -2.23. The molecule has 4 aromatic rings. The van der Waals surface area contributed by atoms with E-state index in [0.29, 0.717) is 10.9 Å². The number of benzene rings is 3. The monoisotopic (exact) mass is 465 g/mol. The van der Waals surface area contributed by atoms with E-state index < -0.39 is 23.6 Å². The number of pyridine rings is 1. The first-order valence-electron chi connectivity index (χ1n) is 10.1. The molecular formula is C25H18F3N3O3. The van der Waals surface area contributed by atoms with Crippen molar-refractivity contribution in [3.63, 3.8) is 0 Å². The zero-order chi connectivity index (χ0) is 24.5. The van der Waals surface area contributed by atoms with Gasteiger partial charge >= 0.3 is 6.18 Å². The molecule has 0 aliphatic carbocycles. The molecule has 1 aromatic heterocycles. The molecule has 0 saturated carbocycles. The van der Waals surface area contributed by atoms with Crippen LogP contribution in [0, 0.1) is 0 Å². The smallest absolute Gasteiger partial charge is 0.322 e. The second kappa shape index (κ2) is 8.86. The highest BCUT2D eigenvalue weighted by molar-refractivity contribution is 6.15. The van der Waals surface area contributed by atoms with Gasteiger partial charge in [-0.05, 0) is 36.4 Å². The fourth-order valence-electron chi connectivity index (χ4n) is 3.55. The molecule has 0 aliphatic heterocycles. The van der Waals surface area contributed by atoms with Crippen LogP contribution < -0.4 is 16.2 Å². The zero-order valence-electron chi connectivity index (χ0n) is 17.8. The third kappa shape index (κ3) is 4.54. The predicted molar refractivity (Wildman–Crippen MR) is 123 cm³/mol. The van der Waals surface area contributed by atoms with Crippen LogP contribution in [0.15, 0.2) is 83.7 Å². The molecule has 0 aliphatic rings. The molecule has 1 heterocycles. The molecule has 0 spiro atoms. The maximum absolute atomic E-state index is 13.1. The molecule has 6 nitrogen and oxygen atoms in total. The van der Waals surface area contributed by atoms with Crippen molar-refractivity contribution in [2.24, 2.45) is 7.05 Å². The van der Waals surface area contributed by atoms with Gasteiger partial charge in [-0.2, -0.15) is 13.2 Å². The summed E-state index contributed by atoms with van der Waals surface area (Å²) in [5.41, 5.74) is -0.437. The normalized spacial score (nSPS) is 11.3. The van der Waals surface area contributed by atoms with Gasteiger partial charge in [-0.25, -0.2) is 0 Å². The highest BCUT2D eigenvalue weighted by Gasteiger charge is 2.30.